The first kappa shape index (κ1) is 15.9. The van der Waals surface area contributed by atoms with Crippen molar-refractivity contribution in [3.63, 3.8) is 0 Å². The summed E-state index contributed by atoms with van der Waals surface area (Å²) in [6.45, 7) is 8.43. The van der Waals surface area contributed by atoms with Gasteiger partial charge in [-0.3, -0.25) is 4.90 Å². The monoisotopic (exact) mass is 256 g/mol. The van der Waals surface area contributed by atoms with Gasteiger partial charge in [-0.15, -0.1) is 0 Å². The highest BCUT2D eigenvalue weighted by molar-refractivity contribution is 4.85. The van der Waals surface area contributed by atoms with Crippen molar-refractivity contribution in [2.75, 3.05) is 33.4 Å². The fourth-order valence-corrected chi connectivity index (χ4v) is 3.08. The second-order valence-electron chi connectivity index (χ2n) is 6.14. The molecular weight excluding hydrogens is 224 g/mol. The molecule has 108 valence electrons. The molecule has 1 aliphatic carbocycles. The van der Waals surface area contributed by atoms with E-state index in [-0.39, 0.29) is 0 Å². The molecule has 0 aromatic carbocycles. The van der Waals surface area contributed by atoms with Crippen LogP contribution >= 0.6 is 0 Å². The third-order valence-corrected chi connectivity index (χ3v) is 4.59. The van der Waals surface area contributed by atoms with E-state index in [0.29, 0.717) is 11.5 Å². The van der Waals surface area contributed by atoms with Gasteiger partial charge in [0.2, 0.25) is 0 Å². The van der Waals surface area contributed by atoms with Crippen LogP contribution < -0.4 is 5.73 Å². The average Bonchev–Trinajstić information content (AvgIpc) is 2.39. The Morgan fingerprint density at radius 3 is 2.33 bits per heavy atom. The summed E-state index contributed by atoms with van der Waals surface area (Å²) in [7, 11) is 1.78. The van der Waals surface area contributed by atoms with Gasteiger partial charge >= 0.3 is 0 Å². The highest BCUT2D eigenvalue weighted by Crippen LogP contribution is 2.38. The SMILES string of the molecule is COCCN(CCC1(CN)CCCCC1)C(C)C. The molecule has 0 aromatic heterocycles. The molecule has 3 heteroatoms. The Balaban J connectivity index is 2.43. The molecule has 2 N–H and O–H groups in total. The summed E-state index contributed by atoms with van der Waals surface area (Å²) in [5.74, 6) is 0. The molecule has 0 aromatic rings. The largest absolute Gasteiger partial charge is 0.383 e. The lowest BCUT2D eigenvalue weighted by Gasteiger charge is -2.38. The minimum Gasteiger partial charge on any atom is -0.383 e. The van der Waals surface area contributed by atoms with E-state index >= 15 is 0 Å². The Kier molecular flexibility index (Phi) is 7.20. The minimum absolute atomic E-state index is 0.429. The second kappa shape index (κ2) is 8.13. The number of hydrogen-bond acceptors (Lipinski definition) is 3. The van der Waals surface area contributed by atoms with Gasteiger partial charge in [0.05, 0.1) is 6.61 Å². The van der Waals surface area contributed by atoms with Crippen LogP contribution in [0.4, 0.5) is 0 Å². The fourth-order valence-electron chi connectivity index (χ4n) is 3.08. The third kappa shape index (κ3) is 4.87. The van der Waals surface area contributed by atoms with Crippen LogP contribution in [-0.4, -0.2) is 44.3 Å². The topological polar surface area (TPSA) is 38.5 Å². The molecule has 0 bridgehead atoms. The zero-order valence-electron chi connectivity index (χ0n) is 12.6. The van der Waals surface area contributed by atoms with Crippen molar-refractivity contribution in [1.82, 2.24) is 4.90 Å². The normalized spacial score (nSPS) is 19.7. The second-order valence-corrected chi connectivity index (χ2v) is 6.14. The Bertz CT molecular complexity index is 213. The Hall–Kier alpha value is -0.120. The molecular formula is C15H32N2O. The molecule has 1 fully saturated rings. The van der Waals surface area contributed by atoms with E-state index in [1.807, 2.05) is 0 Å². The molecule has 3 nitrogen and oxygen atoms in total. The molecule has 1 rings (SSSR count). The van der Waals surface area contributed by atoms with Crippen LogP contribution in [0, 0.1) is 5.41 Å². The summed E-state index contributed by atoms with van der Waals surface area (Å²) in [6, 6.07) is 0.596. The van der Waals surface area contributed by atoms with Gasteiger partial charge in [0.25, 0.3) is 0 Å². The number of rotatable bonds is 8. The lowest BCUT2D eigenvalue weighted by atomic mass is 9.72. The lowest BCUT2D eigenvalue weighted by Crippen LogP contribution is -2.40. The maximum absolute atomic E-state index is 6.06. The molecule has 0 unspecified atom stereocenters. The maximum atomic E-state index is 6.06. The van der Waals surface area contributed by atoms with E-state index in [4.69, 9.17) is 10.5 Å². The van der Waals surface area contributed by atoms with Gasteiger partial charge in [0, 0.05) is 19.7 Å². The van der Waals surface area contributed by atoms with Gasteiger partial charge in [-0.1, -0.05) is 19.3 Å². The maximum Gasteiger partial charge on any atom is 0.0589 e. The predicted octanol–water partition coefficient (Wildman–Crippen LogP) is 2.64. The van der Waals surface area contributed by atoms with Crippen LogP contribution in [0.2, 0.25) is 0 Å². The van der Waals surface area contributed by atoms with E-state index in [0.717, 1.165) is 26.2 Å². The highest BCUT2D eigenvalue weighted by atomic mass is 16.5. The summed E-state index contributed by atoms with van der Waals surface area (Å²) < 4.78 is 5.20. The zero-order chi connectivity index (χ0) is 13.4. The number of ether oxygens (including phenoxy) is 1. The van der Waals surface area contributed by atoms with E-state index in [2.05, 4.69) is 18.7 Å². The standard InChI is InChI=1S/C15H32N2O/c1-14(2)17(11-12-18-3)10-9-15(13-16)7-5-4-6-8-15/h14H,4-13,16H2,1-3H3. The Morgan fingerprint density at radius 2 is 1.83 bits per heavy atom. The van der Waals surface area contributed by atoms with E-state index in [1.54, 1.807) is 7.11 Å². The van der Waals surface area contributed by atoms with Crippen LogP contribution in [-0.2, 0) is 4.74 Å². The summed E-state index contributed by atoms with van der Waals surface area (Å²) >= 11 is 0. The van der Waals surface area contributed by atoms with Gasteiger partial charge in [-0.2, -0.15) is 0 Å². The van der Waals surface area contributed by atoms with Gasteiger partial charge in [-0.05, 0) is 51.6 Å². The predicted molar refractivity (Wildman–Crippen MR) is 77.8 cm³/mol. The molecule has 0 saturated heterocycles. The zero-order valence-corrected chi connectivity index (χ0v) is 12.6. The van der Waals surface area contributed by atoms with Crippen molar-refractivity contribution in [2.24, 2.45) is 11.1 Å². The molecule has 1 aliphatic rings. The van der Waals surface area contributed by atoms with Gasteiger partial charge in [0.1, 0.15) is 0 Å². The van der Waals surface area contributed by atoms with Crippen molar-refractivity contribution in [1.29, 1.82) is 0 Å². The molecule has 18 heavy (non-hydrogen) atoms. The van der Waals surface area contributed by atoms with Crippen molar-refractivity contribution in [3.8, 4) is 0 Å². The Labute approximate surface area is 113 Å². The molecule has 0 aliphatic heterocycles. The Morgan fingerprint density at radius 1 is 1.17 bits per heavy atom. The van der Waals surface area contributed by atoms with Crippen molar-refractivity contribution < 1.29 is 4.74 Å². The van der Waals surface area contributed by atoms with Crippen molar-refractivity contribution in [2.45, 2.75) is 58.4 Å². The smallest absolute Gasteiger partial charge is 0.0589 e. The average molecular weight is 256 g/mol. The van der Waals surface area contributed by atoms with Crippen LogP contribution in [0.1, 0.15) is 52.4 Å². The van der Waals surface area contributed by atoms with Crippen LogP contribution in [0.5, 0.6) is 0 Å². The molecule has 0 atom stereocenters. The van der Waals surface area contributed by atoms with Gasteiger partial charge in [0.15, 0.2) is 0 Å². The number of methoxy groups -OCH3 is 1. The highest BCUT2D eigenvalue weighted by Gasteiger charge is 2.30. The molecule has 0 heterocycles. The van der Waals surface area contributed by atoms with E-state index in [9.17, 15) is 0 Å². The summed E-state index contributed by atoms with van der Waals surface area (Å²) in [5, 5.41) is 0. The number of nitrogens with zero attached hydrogens (tertiary/aromatic N) is 1. The first-order valence-electron chi connectivity index (χ1n) is 7.56. The molecule has 0 radical (unpaired) electrons. The van der Waals surface area contributed by atoms with Crippen LogP contribution in [0.25, 0.3) is 0 Å². The van der Waals surface area contributed by atoms with E-state index in [1.165, 1.54) is 38.5 Å². The summed E-state index contributed by atoms with van der Waals surface area (Å²) in [6.07, 6.45) is 8.07. The quantitative estimate of drug-likeness (QED) is 0.725. The minimum atomic E-state index is 0.429. The van der Waals surface area contributed by atoms with Crippen molar-refractivity contribution in [3.05, 3.63) is 0 Å². The van der Waals surface area contributed by atoms with Crippen LogP contribution in [0.3, 0.4) is 0 Å². The summed E-state index contributed by atoms with van der Waals surface area (Å²) in [4.78, 5) is 2.52. The number of nitrogens with two attached hydrogens (primary N) is 1. The first-order valence-corrected chi connectivity index (χ1v) is 7.56. The van der Waals surface area contributed by atoms with Crippen molar-refractivity contribution >= 4 is 0 Å². The molecule has 0 spiro atoms. The van der Waals surface area contributed by atoms with Crippen LogP contribution in [0.15, 0.2) is 0 Å². The number of hydrogen-bond donors (Lipinski definition) is 1. The summed E-state index contributed by atoms with van der Waals surface area (Å²) in [5.41, 5.74) is 6.49. The van der Waals surface area contributed by atoms with Gasteiger partial charge in [-0.25, -0.2) is 0 Å². The lowest BCUT2D eigenvalue weighted by molar-refractivity contribution is 0.100. The third-order valence-electron chi connectivity index (χ3n) is 4.59. The molecule has 1 saturated carbocycles. The fraction of sp³-hybridized carbons (Fsp3) is 1.00. The van der Waals surface area contributed by atoms with Gasteiger partial charge < -0.3 is 10.5 Å². The first-order chi connectivity index (χ1) is 8.63. The molecule has 0 amide bonds. The van der Waals surface area contributed by atoms with E-state index < -0.39 is 0 Å².